The molecule has 1 aliphatic carbocycles. The monoisotopic (exact) mass is 1710 g/mol. The van der Waals surface area contributed by atoms with E-state index in [0.29, 0.717) is 17.5 Å². The minimum Gasteiger partial charge on any atom is -0.309 e. The second-order valence-corrected chi connectivity index (χ2v) is 35.8. The van der Waals surface area contributed by atoms with Crippen LogP contribution in [0.1, 0.15) is 27.8 Å². The first-order valence-electron chi connectivity index (χ1n) is 46.4. The van der Waals surface area contributed by atoms with E-state index < -0.39 is 0 Å². The lowest BCUT2D eigenvalue weighted by Crippen LogP contribution is -2.07. The molecule has 1 aliphatic rings. The van der Waals surface area contributed by atoms with Crippen LogP contribution in [-0.2, 0) is 12.8 Å². The molecule has 0 N–H and O–H groups in total. The van der Waals surface area contributed by atoms with E-state index in [4.69, 9.17) is 15.0 Å². The summed E-state index contributed by atoms with van der Waals surface area (Å²) in [6, 6.07) is 168. The molecule has 0 atom stereocenters. The number of nitrogens with zero attached hydrogens (tertiary/aromatic N) is 6. The van der Waals surface area contributed by atoms with E-state index >= 15 is 0 Å². The molecule has 0 bridgehead atoms. The molecular weight excluding hydrogens is 1620 g/mol. The normalized spacial score (nSPS) is 11.9. The third-order valence-corrected chi connectivity index (χ3v) is 28.0. The van der Waals surface area contributed by atoms with E-state index in [1.54, 1.807) is 0 Å². The molecule has 0 unspecified atom stereocenters. The second kappa shape index (κ2) is 32.8. The van der Waals surface area contributed by atoms with Crippen LogP contribution in [0.3, 0.4) is 0 Å². The van der Waals surface area contributed by atoms with Gasteiger partial charge in [-0.2, -0.15) is 0 Å². The zero-order valence-corrected chi connectivity index (χ0v) is 74.4. The Morgan fingerprint density at radius 2 is 0.425 bits per heavy atom. The molecule has 4 aromatic heterocycles. The van der Waals surface area contributed by atoms with Crippen molar-refractivity contribution < 1.29 is 0 Å². The lowest BCUT2D eigenvalue weighted by atomic mass is 9.86. The highest BCUT2D eigenvalue weighted by molar-refractivity contribution is 6.14. The van der Waals surface area contributed by atoms with Crippen LogP contribution in [0.4, 0.5) is 0 Å². The van der Waals surface area contributed by atoms with E-state index in [-0.39, 0.29) is 0 Å². The molecule has 630 valence electrons. The first-order valence-corrected chi connectivity index (χ1v) is 46.4. The average Bonchev–Trinajstić information content (AvgIpc) is 1.56. The van der Waals surface area contributed by atoms with Gasteiger partial charge in [0.05, 0.1) is 33.1 Å². The van der Waals surface area contributed by atoms with Gasteiger partial charge in [-0.3, -0.25) is 0 Å². The smallest absolute Gasteiger partial charge is 0.164 e. The summed E-state index contributed by atoms with van der Waals surface area (Å²) in [5, 5.41) is 7.24. The first kappa shape index (κ1) is 79.0. The van der Waals surface area contributed by atoms with E-state index in [0.717, 1.165) is 158 Å². The maximum Gasteiger partial charge on any atom is 0.164 e. The Kier molecular flexibility index (Phi) is 19.3. The van der Waals surface area contributed by atoms with Crippen molar-refractivity contribution in [2.24, 2.45) is 0 Å². The largest absolute Gasteiger partial charge is 0.309 e. The van der Waals surface area contributed by atoms with Gasteiger partial charge in [-0.05, 0) is 311 Å². The molecule has 0 amide bonds. The van der Waals surface area contributed by atoms with Gasteiger partial charge in [0.1, 0.15) is 0 Å². The summed E-state index contributed by atoms with van der Waals surface area (Å²) in [5.74, 6) is 1.77. The summed E-state index contributed by atoms with van der Waals surface area (Å²) in [6.45, 7) is 6.90. The molecule has 25 rings (SSSR count). The number of hydrogen-bond acceptors (Lipinski definition) is 3. The number of benzene rings is 20. The molecule has 6 nitrogen and oxygen atoms in total. The van der Waals surface area contributed by atoms with Crippen LogP contribution in [-0.4, -0.2) is 28.7 Å². The highest BCUT2D eigenvalue weighted by Gasteiger charge is 2.26. The molecule has 0 aliphatic heterocycles. The maximum absolute atomic E-state index is 5.52. The fourth-order valence-corrected chi connectivity index (χ4v) is 21.2. The molecule has 0 spiro atoms. The number of aromatic nitrogens is 6. The minimum atomic E-state index is 0.579. The molecule has 0 saturated carbocycles. The van der Waals surface area contributed by atoms with Gasteiger partial charge in [-0.15, -0.1) is 0 Å². The van der Waals surface area contributed by atoms with Crippen molar-refractivity contribution in [3.05, 3.63) is 483 Å². The predicted molar refractivity (Wildman–Crippen MR) is 561 cm³/mol. The zero-order valence-electron chi connectivity index (χ0n) is 74.4. The number of para-hydroxylation sites is 3. The molecule has 0 saturated heterocycles. The summed E-state index contributed by atoms with van der Waals surface area (Å²) < 4.78 is 7.43. The third-order valence-electron chi connectivity index (χ3n) is 28.0. The number of fused-ring (bicyclic) bond motifs is 10. The lowest BCUT2D eigenvalue weighted by Gasteiger charge is -2.20. The van der Waals surface area contributed by atoms with Crippen LogP contribution in [0.15, 0.2) is 455 Å². The van der Waals surface area contributed by atoms with Crippen molar-refractivity contribution in [1.82, 2.24) is 28.7 Å². The van der Waals surface area contributed by atoms with Crippen molar-refractivity contribution >= 4 is 65.4 Å². The van der Waals surface area contributed by atoms with Crippen LogP contribution < -0.4 is 0 Å². The summed E-state index contributed by atoms with van der Waals surface area (Å²) in [4.78, 5) is 16.3. The number of hydrogen-bond donors (Lipinski definition) is 0. The topological polar surface area (TPSA) is 53.5 Å². The number of aryl methyl sites for hydroxylation is 2. The maximum atomic E-state index is 5.52. The van der Waals surface area contributed by atoms with Gasteiger partial charge < -0.3 is 13.7 Å². The highest BCUT2D eigenvalue weighted by atomic mass is 15.0. The van der Waals surface area contributed by atoms with Crippen LogP contribution >= 0.6 is 0 Å². The van der Waals surface area contributed by atoms with E-state index in [9.17, 15) is 0 Å². The van der Waals surface area contributed by atoms with Gasteiger partial charge in [0.2, 0.25) is 0 Å². The first-order chi connectivity index (χ1) is 66.1. The number of rotatable bonds is 17. The summed E-state index contributed by atoms with van der Waals surface area (Å²) in [5.41, 5.74) is 44.4. The molecule has 24 aromatic rings. The summed E-state index contributed by atoms with van der Waals surface area (Å²) >= 11 is 0. The summed E-state index contributed by atoms with van der Waals surface area (Å²) in [6.07, 6.45) is 2.28. The molecule has 6 heteroatoms. The van der Waals surface area contributed by atoms with Gasteiger partial charge in [0.15, 0.2) is 17.5 Å². The molecule has 0 radical (unpaired) electrons. The van der Waals surface area contributed by atoms with Crippen molar-refractivity contribution in [1.29, 1.82) is 0 Å². The minimum absolute atomic E-state index is 0.579. The molecular formula is C128H88N6. The predicted octanol–water partition coefficient (Wildman–Crippen LogP) is 33.5. The van der Waals surface area contributed by atoms with Crippen molar-refractivity contribution in [2.45, 2.75) is 33.6 Å². The van der Waals surface area contributed by atoms with Crippen molar-refractivity contribution in [2.75, 3.05) is 0 Å². The Morgan fingerprint density at radius 1 is 0.157 bits per heavy atom. The highest BCUT2D eigenvalue weighted by Crippen LogP contribution is 2.48. The Balaban J connectivity index is 0.652. The van der Waals surface area contributed by atoms with Crippen LogP contribution in [0.5, 0.6) is 0 Å². The average molecular weight is 1710 g/mol. The Bertz CT molecular complexity index is 8820. The molecule has 20 aromatic carbocycles. The SMILES string of the molecule is Cc1c(-c2ccccc2)cccc1-c1cc(-c2nc(-c3ccccc3)nc(-c3cccc(-c4ccccc4)c3)n2)cc(-c2cccc(-c3cc(-c4cccc(-c5cc(-c6ccccc6)cc(-n6c7ccccc7c7cc(-c8ccc9c(c8)c8ccccc8n9-c8cccc(-c9ccccc9)c8)ccc76)c5)c4C)cc(-n4c5ccccc5c5cc(-c6ccc7c(c6)CC7)ccc54)c3)c2C)c1. The van der Waals surface area contributed by atoms with E-state index in [2.05, 4.69) is 483 Å². The Hall–Kier alpha value is -17.2. The van der Waals surface area contributed by atoms with Crippen LogP contribution in [0.2, 0.25) is 0 Å². The molecule has 4 heterocycles. The third kappa shape index (κ3) is 13.9. The fourth-order valence-electron chi connectivity index (χ4n) is 21.2. The quantitative estimate of drug-likeness (QED) is 0.0913. The van der Waals surface area contributed by atoms with Gasteiger partial charge in [0, 0.05) is 66.1 Å². The van der Waals surface area contributed by atoms with Crippen molar-refractivity contribution in [3.8, 4) is 174 Å². The van der Waals surface area contributed by atoms with E-state index in [1.807, 2.05) is 6.07 Å². The fraction of sp³-hybridized carbons (Fsp3) is 0.0391. The van der Waals surface area contributed by atoms with E-state index in [1.165, 1.54) is 105 Å². The Labute approximate surface area is 778 Å². The zero-order chi connectivity index (χ0) is 89.0. The Morgan fingerprint density at radius 3 is 0.858 bits per heavy atom. The standard InChI is InChI=1S/C128H88N6/c1-81-108(88-36-15-7-16-37-88)47-27-48-109(81)99-69-100(72-104(71-99)128-130-126(89-38-17-8-18-39-89)129-127(131-128)97-42-25-40-90(67-97)84-30-9-4-10-31-84)110-49-28-51-112(82(110)2)102-70-103(77-107(76-102)134-122-55-24-21-45-115(122)118-78-94(60-64-125(118)134)93-59-57-87-56-58-92(87)66-93)113-52-29-50-111(83(113)3)101-68-98(86-34-13-6-14-35-86)74-106(75-101)133-121-54-23-20-46-116(121)119-80-96(62-65-124(119)133)95-61-63-123-117(79-95)114-44-19-22-53-120(114)132(123)105-43-26-41-91(73-105)85-32-11-5-12-33-85/h4-55,57,59-80H,56,58H2,1-3H3. The lowest BCUT2D eigenvalue weighted by molar-refractivity contribution is 0.840. The van der Waals surface area contributed by atoms with Gasteiger partial charge >= 0.3 is 0 Å². The van der Waals surface area contributed by atoms with Crippen LogP contribution in [0, 0.1) is 20.8 Å². The second-order valence-electron chi connectivity index (χ2n) is 35.8. The molecule has 0 fully saturated rings. The van der Waals surface area contributed by atoms with Crippen LogP contribution in [0.25, 0.3) is 239 Å². The van der Waals surface area contributed by atoms with Gasteiger partial charge in [0.25, 0.3) is 0 Å². The molecule has 134 heavy (non-hydrogen) atoms. The van der Waals surface area contributed by atoms with Gasteiger partial charge in [-0.1, -0.05) is 328 Å². The van der Waals surface area contributed by atoms with Gasteiger partial charge in [-0.25, -0.2) is 15.0 Å². The van der Waals surface area contributed by atoms with Crippen molar-refractivity contribution in [3.63, 3.8) is 0 Å². The summed E-state index contributed by atoms with van der Waals surface area (Å²) in [7, 11) is 0.